The van der Waals surface area contributed by atoms with Gasteiger partial charge >= 0.3 is 0 Å². The van der Waals surface area contributed by atoms with Gasteiger partial charge in [0, 0.05) is 18.8 Å². The number of benzene rings is 1. The molecule has 0 bridgehead atoms. The highest BCUT2D eigenvalue weighted by Crippen LogP contribution is 2.16. The Balaban J connectivity index is 1.86. The first-order chi connectivity index (χ1) is 7.75. The quantitative estimate of drug-likeness (QED) is 0.850. The van der Waals surface area contributed by atoms with Crippen LogP contribution >= 0.6 is 0 Å². The van der Waals surface area contributed by atoms with Crippen molar-refractivity contribution in [2.24, 2.45) is 0 Å². The molecule has 0 saturated carbocycles. The van der Waals surface area contributed by atoms with Crippen LogP contribution in [0.15, 0.2) is 18.2 Å². The summed E-state index contributed by atoms with van der Waals surface area (Å²) in [4.78, 5) is 0. The lowest BCUT2D eigenvalue weighted by Gasteiger charge is -2.23. The zero-order chi connectivity index (χ0) is 11.4. The van der Waals surface area contributed by atoms with Gasteiger partial charge < -0.3 is 10.1 Å². The molecule has 1 aromatic rings. The van der Waals surface area contributed by atoms with Crippen LogP contribution in [0.2, 0.25) is 0 Å². The van der Waals surface area contributed by atoms with E-state index in [0.29, 0.717) is 11.7 Å². The van der Waals surface area contributed by atoms with E-state index in [1.807, 2.05) is 6.07 Å². The number of hydrogen-bond acceptors (Lipinski definition) is 2. The van der Waals surface area contributed by atoms with Crippen LogP contribution in [0.4, 0.5) is 10.1 Å². The topological polar surface area (TPSA) is 21.3 Å². The smallest absolute Gasteiger partial charge is 0.126 e. The third-order valence-electron chi connectivity index (χ3n) is 2.97. The highest BCUT2D eigenvalue weighted by molar-refractivity contribution is 5.45. The van der Waals surface area contributed by atoms with Crippen molar-refractivity contribution in [1.82, 2.24) is 0 Å². The van der Waals surface area contributed by atoms with Crippen LogP contribution in [0, 0.1) is 12.7 Å². The van der Waals surface area contributed by atoms with Gasteiger partial charge in [-0.3, -0.25) is 0 Å². The Labute approximate surface area is 95.8 Å². The van der Waals surface area contributed by atoms with Crippen molar-refractivity contribution in [2.45, 2.75) is 32.3 Å². The number of nitrogens with one attached hydrogen (secondary N) is 1. The summed E-state index contributed by atoms with van der Waals surface area (Å²) in [6, 6.07) is 5.10. The summed E-state index contributed by atoms with van der Waals surface area (Å²) >= 11 is 0. The van der Waals surface area contributed by atoms with Crippen molar-refractivity contribution in [3.8, 4) is 0 Å². The summed E-state index contributed by atoms with van der Waals surface area (Å²) < 4.78 is 18.7. The molecule has 16 heavy (non-hydrogen) atoms. The van der Waals surface area contributed by atoms with E-state index in [1.165, 1.54) is 18.9 Å². The van der Waals surface area contributed by atoms with Crippen molar-refractivity contribution in [3.05, 3.63) is 29.6 Å². The van der Waals surface area contributed by atoms with Gasteiger partial charge in [-0.25, -0.2) is 4.39 Å². The van der Waals surface area contributed by atoms with E-state index < -0.39 is 0 Å². The molecular weight excluding hydrogens is 205 g/mol. The number of halogens is 1. The van der Waals surface area contributed by atoms with Gasteiger partial charge in [-0.05, 0) is 49.9 Å². The number of rotatable bonds is 3. The molecule has 1 aromatic carbocycles. The molecule has 1 heterocycles. The van der Waals surface area contributed by atoms with E-state index in [4.69, 9.17) is 4.74 Å². The average molecular weight is 223 g/mol. The maximum absolute atomic E-state index is 13.0. The molecule has 0 radical (unpaired) electrons. The average Bonchev–Trinajstić information content (AvgIpc) is 2.32. The molecular formula is C13H18FNO. The van der Waals surface area contributed by atoms with Crippen LogP contribution in [0.25, 0.3) is 0 Å². The van der Waals surface area contributed by atoms with Gasteiger partial charge in [-0.2, -0.15) is 0 Å². The first kappa shape index (κ1) is 11.4. The van der Waals surface area contributed by atoms with Crippen molar-refractivity contribution >= 4 is 5.69 Å². The molecule has 1 aliphatic rings. The zero-order valence-electron chi connectivity index (χ0n) is 9.63. The Bertz CT molecular complexity index is 348. The van der Waals surface area contributed by atoms with E-state index in [2.05, 4.69) is 5.32 Å². The number of anilines is 1. The van der Waals surface area contributed by atoms with E-state index in [0.717, 1.165) is 25.3 Å². The second kappa shape index (κ2) is 5.30. The van der Waals surface area contributed by atoms with Crippen molar-refractivity contribution < 1.29 is 9.13 Å². The number of aryl methyl sites for hydroxylation is 1. The molecule has 1 fully saturated rings. The second-order valence-electron chi connectivity index (χ2n) is 4.33. The summed E-state index contributed by atoms with van der Waals surface area (Å²) in [7, 11) is 0. The largest absolute Gasteiger partial charge is 0.382 e. The third kappa shape index (κ3) is 2.95. The van der Waals surface area contributed by atoms with Gasteiger partial charge in [0.2, 0.25) is 0 Å². The van der Waals surface area contributed by atoms with Gasteiger partial charge in [0.05, 0.1) is 6.10 Å². The Hall–Kier alpha value is -1.09. The Kier molecular flexibility index (Phi) is 3.78. The highest BCUT2D eigenvalue weighted by atomic mass is 19.1. The molecule has 1 atom stereocenters. The molecule has 1 unspecified atom stereocenters. The standard InChI is InChI=1S/C13H18FNO/c1-10-8-11(5-6-13(10)14)15-9-12-4-2-3-7-16-12/h5-6,8,12,15H,2-4,7,9H2,1H3. The fraction of sp³-hybridized carbons (Fsp3) is 0.538. The molecule has 0 aliphatic carbocycles. The molecule has 3 heteroatoms. The molecule has 0 amide bonds. The predicted octanol–water partition coefficient (Wildman–Crippen LogP) is 3.12. The molecule has 2 rings (SSSR count). The van der Waals surface area contributed by atoms with Crippen molar-refractivity contribution in [3.63, 3.8) is 0 Å². The lowest BCUT2D eigenvalue weighted by molar-refractivity contribution is 0.0247. The Morgan fingerprint density at radius 1 is 1.44 bits per heavy atom. The van der Waals surface area contributed by atoms with E-state index in [1.54, 1.807) is 13.0 Å². The van der Waals surface area contributed by atoms with Crippen LogP contribution in [-0.2, 0) is 4.74 Å². The highest BCUT2D eigenvalue weighted by Gasteiger charge is 2.13. The summed E-state index contributed by atoms with van der Waals surface area (Å²) in [5.41, 5.74) is 1.64. The number of ether oxygens (including phenoxy) is 1. The number of hydrogen-bond donors (Lipinski definition) is 1. The van der Waals surface area contributed by atoms with Crippen LogP contribution in [-0.4, -0.2) is 19.3 Å². The van der Waals surface area contributed by atoms with Gasteiger partial charge in [0.15, 0.2) is 0 Å². The molecule has 0 spiro atoms. The lowest BCUT2D eigenvalue weighted by Crippen LogP contribution is -2.26. The van der Waals surface area contributed by atoms with Crippen LogP contribution in [0.1, 0.15) is 24.8 Å². The molecule has 1 aliphatic heterocycles. The summed E-state index contributed by atoms with van der Waals surface area (Å²) in [5, 5.41) is 3.29. The van der Waals surface area contributed by atoms with Crippen molar-refractivity contribution in [1.29, 1.82) is 0 Å². The maximum Gasteiger partial charge on any atom is 0.126 e. The predicted molar refractivity (Wildman–Crippen MR) is 63.2 cm³/mol. The van der Waals surface area contributed by atoms with E-state index in [-0.39, 0.29) is 5.82 Å². The molecule has 1 saturated heterocycles. The van der Waals surface area contributed by atoms with Crippen LogP contribution < -0.4 is 5.32 Å². The first-order valence-electron chi connectivity index (χ1n) is 5.87. The minimum atomic E-state index is -0.153. The Morgan fingerprint density at radius 2 is 2.31 bits per heavy atom. The summed E-state index contributed by atoms with van der Waals surface area (Å²) in [6.45, 7) is 3.46. The minimum Gasteiger partial charge on any atom is -0.382 e. The van der Waals surface area contributed by atoms with Crippen molar-refractivity contribution in [2.75, 3.05) is 18.5 Å². The van der Waals surface area contributed by atoms with Gasteiger partial charge in [0.25, 0.3) is 0 Å². The molecule has 88 valence electrons. The molecule has 2 nitrogen and oxygen atoms in total. The van der Waals surface area contributed by atoms with E-state index >= 15 is 0 Å². The van der Waals surface area contributed by atoms with Gasteiger partial charge in [-0.1, -0.05) is 0 Å². The summed E-state index contributed by atoms with van der Waals surface area (Å²) in [6.07, 6.45) is 3.84. The van der Waals surface area contributed by atoms with Crippen LogP contribution in [0.5, 0.6) is 0 Å². The lowest BCUT2D eigenvalue weighted by atomic mass is 10.1. The normalized spacial score (nSPS) is 20.8. The monoisotopic (exact) mass is 223 g/mol. The van der Waals surface area contributed by atoms with Gasteiger partial charge in [0.1, 0.15) is 5.82 Å². The fourth-order valence-corrected chi connectivity index (χ4v) is 1.95. The summed E-state index contributed by atoms with van der Waals surface area (Å²) in [5.74, 6) is -0.153. The minimum absolute atomic E-state index is 0.153. The van der Waals surface area contributed by atoms with Crippen LogP contribution in [0.3, 0.4) is 0 Å². The maximum atomic E-state index is 13.0. The molecule has 1 N–H and O–H groups in total. The fourth-order valence-electron chi connectivity index (χ4n) is 1.95. The van der Waals surface area contributed by atoms with E-state index in [9.17, 15) is 4.39 Å². The second-order valence-corrected chi connectivity index (χ2v) is 4.33. The first-order valence-corrected chi connectivity index (χ1v) is 5.87. The van der Waals surface area contributed by atoms with Gasteiger partial charge in [-0.15, -0.1) is 0 Å². The SMILES string of the molecule is Cc1cc(NCC2CCCCO2)ccc1F. The Morgan fingerprint density at radius 3 is 3.00 bits per heavy atom. The third-order valence-corrected chi connectivity index (χ3v) is 2.97. The zero-order valence-corrected chi connectivity index (χ0v) is 9.63. The molecule has 0 aromatic heterocycles.